The molecule has 1 aliphatic heterocycles. The molecule has 0 radical (unpaired) electrons. The first-order chi connectivity index (χ1) is 17.7. The third-order valence-electron chi connectivity index (χ3n) is 8.74. The largest absolute Gasteiger partial charge is 0.481 e. The van der Waals surface area contributed by atoms with Crippen LogP contribution in [0.2, 0.25) is 0 Å². The van der Waals surface area contributed by atoms with Crippen molar-refractivity contribution in [2.24, 2.45) is 17.3 Å². The van der Waals surface area contributed by atoms with E-state index >= 15 is 0 Å². The number of hydrogen-bond acceptors (Lipinski definition) is 4. The summed E-state index contributed by atoms with van der Waals surface area (Å²) in [6.07, 6.45) is 9.36. The summed E-state index contributed by atoms with van der Waals surface area (Å²) >= 11 is 0. The molecule has 0 aromatic heterocycles. The molecule has 3 atom stereocenters. The molecule has 2 aromatic carbocycles. The Morgan fingerprint density at radius 1 is 1.05 bits per heavy atom. The van der Waals surface area contributed by atoms with E-state index < -0.39 is 29.0 Å². The smallest absolute Gasteiger partial charge is 0.307 e. The summed E-state index contributed by atoms with van der Waals surface area (Å²) in [6.45, 7) is 6.48. The molecule has 3 N–H and O–H groups in total. The van der Waals surface area contributed by atoms with Gasteiger partial charge in [-0.25, -0.2) is 0 Å². The second-order valence-corrected chi connectivity index (χ2v) is 11.1. The maximum atomic E-state index is 12.1. The predicted molar refractivity (Wildman–Crippen MR) is 154 cm³/mol. The Kier molecular flexibility index (Phi) is 10.4. The number of aliphatic carboxylic acids is 1. The Bertz CT molecular complexity index is 1060. The molecule has 2 aromatic rings. The van der Waals surface area contributed by atoms with Gasteiger partial charge >= 0.3 is 5.97 Å². The van der Waals surface area contributed by atoms with E-state index in [0.29, 0.717) is 12.8 Å². The Morgan fingerprint density at radius 3 is 2.08 bits per heavy atom. The van der Waals surface area contributed by atoms with Crippen LogP contribution in [0.25, 0.3) is 0 Å². The summed E-state index contributed by atoms with van der Waals surface area (Å²) in [6, 6.07) is 20.1. The van der Waals surface area contributed by atoms with E-state index in [1.165, 1.54) is 0 Å². The van der Waals surface area contributed by atoms with Gasteiger partial charge in [-0.1, -0.05) is 92.7 Å². The van der Waals surface area contributed by atoms with Gasteiger partial charge in [0.2, 0.25) is 0 Å². The van der Waals surface area contributed by atoms with E-state index in [1.54, 1.807) is 6.92 Å². The molecule has 1 fully saturated rings. The Balaban J connectivity index is 0.00000400. The lowest BCUT2D eigenvalue weighted by Crippen LogP contribution is -2.44. The molecule has 0 amide bonds. The summed E-state index contributed by atoms with van der Waals surface area (Å²) in [7, 11) is 0. The standard InChI is InChI=1S/C32H41NO4.ClH/c1-24(30(35)36)31(2)19-15-25(16-20-31)29(34)14-9-21-33-22-17-28(18-23-33)32(37,26-10-5-3-6-11-26)27-12-7-4-8-13-27;/h3-8,10-13,15-16,19,24,28-29,34,37H,9,14,17-18,20-23H2,1-2H3,(H,35,36);1H. The molecule has 0 saturated carbocycles. The van der Waals surface area contributed by atoms with Crippen molar-refractivity contribution in [2.75, 3.05) is 19.6 Å². The SMILES string of the molecule is CC(C(=O)O)C1(C)C=CC(C(O)CCCN2CCC(C(O)(c3ccccc3)c3ccccc3)CC2)=CC1.Cl. The van der Waals surface area contributed by atoms with Crippen molar-refractivity contribution < 1.29 is 20.1 Å². The second kappa shape index (κ2) is 13.1. The highest BCUT2D eigenvalue weighted by Gasteiger charge is 2.41. The van der Waals surface area contributed by atoms with Crippen LogP contribution in [0, 0.1) is 17.3 Å². The summed E-state index contributed by atoms with van der Waals surface area (Å²) in [5, 5.41) is 32.2. The topological polar surface area (TPSA) is 81.0 Å². The minimum atomic E-state index is -1.00. The number of carboxylic acid groups (broad SMARTS) is 1. The van der Waals surface area contributed by atoms with Gasteiger partial charge in [0.25, 0.3) is 0 Å². The first-order valence-corrected chi connectivity index (χ1v) is 13.6. The number of aliphatic hydroxyl groups is 2. The number of halogens is 1. The molecule has 206 valence electrons. The fourth-order valence-corrected chi connectivity index (χ4v) is 5.88. The number of carboxylic acids is 1. The number of nitrogens with zero attached hydrogens (tertiary/aromatic N) is 1. The van der Waals surface area contributed by atoms with Crippen molar-refractivity contribution in [3.05, 3.63) is 95.6 Å². The molecular formula is C32H42ClNO4. The lowest BCUT2D eigenvalue weighted by atomic mass is 9.72. The Morgan fingerprint density at radius 2 is 1.61 bits per heavy atom. The highest BCUT2D eigenvalue weighted by atomic mass is 35.5. The van der Waals surface area contributed by atoms with Gasteiger partial charge in [0.1, 0.15) is 5.60 Å². The lowest BCUT2D eigenvalue weighted by Gasteiger charge is -2.42. The average molecular weight is 540 g/mol. The summed E-state index contributed by atoms with van der Waals surface area (Å²) < 4.78 is 0. The summed E-state index contributed by atoms with van der Waals surface area (Å²) in [5.41, 5.74) is 1.37. The number of benzene rings is 2. The number of rotatable bonds is 10. The van der Waals surface area contributed by atoms with E-state index in [4.69, 9.17) is 0 Å². The molecule has 2 aliphatic rings. The Hall–Kier alpha value is -2.44. The van der Waals surface area contributed by atoms with Crippen LogP contribution in [0.1, 0.15) is 57.1 Å². The van der Waals surface area contributed by atoms with Crippen LogP contribution >= 0.6 is 12.4 Å². The van der Waals surface area contributed by atoms with E-state index in [-0.39, 0.29) is 18.3 Å². The van der Waals surface area contributed by atoms with E-state index in [9.17, 15) is 20.1 Å². The van der Waals surface area contributed by atoms with E-state index in [2.05, 4.69) is 4.90 Å². The molecule has 0 bridgehead atoms. The van der Waals surface area contributed by atoms with Gasteiger partial charge in [0, 0.05) is 5.41 Å². The quantitative estimate of drug-likeness (QED) is 0.355. The average Bonchev–Trinajstić information content (AvgIpc) is 2.93. The minimum absolute atomic E-state index is 0. The molecule has 3 unspecified atom stereocenters. The van der Waals surface area contributed by atoms with Gasteiger partial charge in [0.05, 0.1) is 12.0 Å². The molecule has 1 aliphatic carbocycles. The zero-order valence-corrected chi connectivity index (χ0v) is 23.3. The van der Waals surface area contributed by atoms with Crippen molar-refractivity contribution in [3.8, 4) is 0 Å². The van der Waals surface area contributed by atoms with Crippen LogP contribution < -0.4 is 0 Å². The maximum absolute atomic E-state index is 12.1. The summed E-state index contributed by atoms with van der Waals surface area (Å²) in [4.78, 5) is 13.8. The van der Waals surface area contributed by atoms with Crippen LogP contribution in [0.4, 0.5) is 0 Å². The highest BCUT2D eigenvalue weighted by molar-refractivity contribution is 5.85. The summed E-state index contributed by atoms with van der Waals surface area (Å²) in [5.74, 6) is -1.12. The van der Waals surface area contributed by atoms with Crippen molar-refractivity contribution >= 4 is 18.4 Å². The zero-order chi connectivity index (χ0) is 26.5. The molecule has 1 saturated heterocycles. The third-order valence-corrected chi connectivity index (χ3v) is 8.74. The molecule has 4 rings (SSSR count). The van der Waals surface area contributed by atoms with Gasteiger partial charge in [-0.3, -0.25) is 4.79 Å². The maximum Gasteiger partial charge on any atom is 0.307 e. The first kappa shape index (κ1) is 30.1. The van der Waals surface area contributed by atoms with Gasteiger partial charge in [-0.05, 0) is 74.4 Å². The van der Waals surface area contributed by atoms with Crippen LogP contribution in [0.15, 0.2) is 84.5 Å². The molecular weight excluding hydrogens is 498 g/mol. The minimum Gasteiger partial charge on any atom is -0.481 e. The number of likely N-dealkylation sites (tertiary alicyclic amines) is 1. The van der Waals surface area contributed by atoms with Gasteiger partial charge < -0.3 is 20.2 Å². The monoisotopic (exact) mass is 539 g/mol. The van der Waals surface area contributed by atoms with E-state index in [1.807, 2.05) is 85.8 Å². The van der Waals surface area contributed by atoms with E-state index in [0.717, 1.165) is 55.6 Å². The van der Waals surface area contributed by atoms with Crippen molar-refractivity contribution in [1.82, 2.24) is 4.90 Å². The normalized spacial score (nSPS) is 22.3. The molecule has 0 spiro atoms. The van der Waals surface area contributed by atoms with Crippen molar-refractivity contribution in [2.45, 2.75) is 57.7 Å². The lowest BCUT2D eigenvalue weighted by molar-refractivity contribution is -0.144. The molecule has 1 heterocycles. The molecule has 5 nitrogen and oxygen atoms in total. The number of hydrogen-bond donors (Lipinski definition) is 3. The van der Waals surface area contributed by atoms with Crippen molar-refractivity contribution in [1.29, 1.82) is 0 Å². The molecule has 6 heteroatoms. The zero-order valence-electron chi connectivity index (χ0n) is 22.5. The fraction of sp³-hybridized carbons (Fsp3) is 0.469. The second-order valence-electron chi connectivity index (χ2n) is 11.1. The molecule has 38 heavy (non-hydrogen) atoms. The first-order valence-electron chi connectivity index (χ1n) is 13.6. The van der Waals surface area contributed by atoms with Gasteiger partial charge in [-0.2, -0.15) is 0 Å². The Labute approximate surface area is 233 Å². The van der Waals surface area contributed by atoms with Gasteiger partial charge in [0.15, 0.2) is 0 Å². The number of carbonyl (C=O) groups is 1. The van der Waals surface area contributed by atoms with Crippen LogP contribution in [-0.4, -0.2) is 51.9 Å². The highest BCUT2D eigenvalue weighted by Crippen LogP contribution is 2.42. The van der Waals surface area contributed by atoms with Crippen molar-refractivity contribution in [3.63, 3.8) is 0 Å². The number of aliphatic hydroxyl groups excluding tert-OH is 1. The predicted octanol–water partition coefficient (Wildman–Crippen LogP) is 5.81. The van der Waals surface area contributed by atoms with Gasteiger partial charge in [-0.15, -0.1) is 12.4 Å². The third kappa shape index (κ3) is 6.58. The van der Waals surface area contributed by atoms with Crippen LogP contribution in [0.5, 0.6) is 0 Å². The number of piperidine rings is 1. The fourth-order valence-electron chi connectivity index (χ4n) is 5.88. The van der Waals surface area contributed by atoms with Crippen LogP contribution in [0.3, 0.4) is 0 Å². The number of allylic oxidation sites excluding steroid dienone is 2. The van der Waals surface area contributed by atoms with Crippen LogP contribution in [-0.2, 0) is 10.4 Å².